The molecular formula is C15H14BrClO. The summed E-state index contributed by atoms with van der Waals surface area (Å²) in [4.78, 5) is 0. The number of rotatable bonds is 5. The molecule has 2 rings (SSSR count). The Kier molecular flexibility index (Phi) is 5.24. The van der Waals surface area contributed by atoms with Gasteiger partial charge in [-0.15, -0.1) is 0 Å². The van der Waals surface area contributed by atoms with Gasteiger partial charge in [0.05, 0.1) is 12.7 Å². The Balaban J connectivity index is 1.99. The lowest BCUT2D eigenvalue weighted by Gasteiger charge is -2.16. The lowest BCUT2D eigenvalue weighted by Crippen LogP contribution is -2.05. The van der Waals surface area contributed by atoms with Crippen molar-refractivity contribution in [2.24, 2.45) is 0 Å². The van der Waals surface area contributed by atoms with E-state index in [1.165, 1.54) is 5.56 Å². The van der Waals surface area contributed by atoms with Crippen molar-refractivity contribution in [3.05, 3.63) is 70.7 Å². The first-order chi connectivity index (χ1) is 8.79. The van der Waals surface area contributed by atoms with Crippen molar-refractivity contribution in [2.75, 3.05) is 5.33 Å². The van der Waals surface area contributed by atoms with E-state index >= 15 is 0 Å². The summed E-state index contributed by atoms with van der Waals surface area (Å²) in [6.45, 7) is 0.611. The van der Waals surface area contributed by atoms with Crippen molar-refractivity contribution in [3.8, 4) is 0 Å². The maximum Gasteiger partial charge on any atom is 0.0926 e. The summed E-state index contributed by atoms with van der Waals surface area (Å²) < 4.78 is 5.91. The Hall–Kier alpha value is -0.830. The second-order valence-electron chi connectivity index (χ2n) is 3.99. The van der Waals surface area contributed by atoms with E-state index in [-0.39, 0.29) is 6.10 Å². The van der Waals surface area contributed by atoms with Crippen molar-refractivity contribution in [1.82, 2.24) is 0 Å². The van der Waals surface area contributed by atoms with Crippen LogP contribution < -0.4 is 0 Å². The summed E-state index contributed by atoms with van der Waals surface area (Å²) in [6.07, 6.45) is 0.0440. The predicted molar refractivity (Wildman–Crippen MR) is 79.2 cm³/mol. The molecule has 0 saturated heterocycles. The minimum atomic E-state index is 0.0440. The number of alkyl halides is 1. The van der Waals surface area contributed by atoms with Crippen LogP contribution in [0.2, 0.25) is 5.02 Å². The third kappa shape index (κ3) is 3.84. The van der Waals surface area contributed by atoms with Crippen LogP contribution in [0.1, 0.15) is 17.2 Å². The smallest absolute Gasteiger partial charge is 0.0926 e. The summed E-state index contributed by atoms with van der Waals surface area (Å²) in [6, 6.07) is 17.9. The zero-order chi connectivity index (χ0) is 12.8. The fourth-order valence-corrected chi connectivity index (χ4v) is 2.37. The summed E-state index contributed by atoms with van der Waals surface area (Å²) >= 11 is 9.37. The molecule has 0 heterocycles. The first kappa shape index (κ1) is 13.6. The maximum atomic E-state index is 5.91. The molecule has 94 valence electrons. The van der Waals surface area contributed by atoms with Crippen LogP contribution in [0.3, 0.4) is 0 Å². The number of hydrogen-bond acceptors (Lipinski definition) is 1. The van der Waals surface area contributed by atoms with Crippen LogP contribution in [0.15, 0.2) is 54.6 Å². The molecule has 0 fully saturated rings. The SMILES string of the molecule is Clc1ccc(C(CBr)OCc2ccccc2)cc1. The zero-order valence-electron chi connectivity index (χ0n) is 9.85. The Bertz CT molecular complexity index is 470. The van der Waals surface area contributed by atoms with Gasteiger partial charge in [-0.05, 0) is 23.3 Å². The molecule has 0 spiro atoms. The molecule has 0 bridgehead atoms. The average Bonchev–Trinajstić information content (AvgIpc) is 2.42. The van der Waals surface area contributed by atoms with Crippen molar-refractivity contribution in [3.63, 3.8) is 0 Å². The zero-order valence-corrected chi connectivity index (χ0v) is 12.2. The highest BCUT2D eigenvalue weighted by atomic mass is 79.9. The Labute approximate surface area is 121 Å². The molecule has 1 nitrogen and oxygen atoms in total. The van der Waals surface area contributed by atoms with Crippen LogP contribution in [0, 0.1) is 0 Å². The second kappa shape index (κ2) is 6.93. The average molecular weight is 326 g/mol. The molecule has 18 heavy (non-hydrogen) atoms. The van der Waals surface area contributed by atoms with Gasteiger partial charge in [0.15, 0.2) is 0 Å². The third-order valence-corrected chi connectivity index (χ3v) is 3.52. The lowest BCUT2D eigenvalue weighted by molar-refractivity contribution is 0.0566. The van der Waals surface area contributed by atoms with Gasteiger partial charge >= 0.3 is 0 Å². The van der Waals surface area contributed by atoms with Gasteiger partial charge in [0.1, 0.15) is 0 Å². The molecule has 0 aliphatic rings. The molecule has 1 unspecified atom stereocenters. The number of hydrogen-bond donors (Lipinski definition) is 0. The Morgan fingerprint density at radius 3 is 2.28 bits per heavy atom. The normalized spacial score (nSPS) is 12.3. The van der Waals surface area contributed by atoms with E-state index in [1.807, 2.05) is 42.5 Å². The first-order valence-corrected chi connectivity index (χ1v) is 7.26. The largest absolute Gasteiger partial charge is 0.368 e. The summed E-state index contributed by atoms with van der Waals surface area (Å²) in [7, 11) is 0. The Morgan fingerprint density at radius 2 is 1.67 bits per heavy atom. The molecule has 3 heteroatoms. The molecule has 0 amide bonds. The standard InChI is InChI=1S/C15H14BrClO/c16-10-15(13-6-8-14(17)9-7-13)18-11-12-4-2-1-3-5-12/h1-9,15H,10-11H2. The fraction of sp³-hybridized carbons (Fsp3) is 0.200. The van der Waals surface area contributed by atoms with Gasteiger partial charge in [-0.3, -0.25) is 0 Å². The van der Waals surface area contributed by atoms with E-state index in [4.69, 9.17) is 16.3 Å². The number of benzene rings is 2. The van der Waals surface area contributed by atoms with Gasteiger partial charge in [-0.25, -0.2) is 0 Å². The van der Waals surface area contributed by atoms with E-state index in [2.05, 4.69) is 28.1 Å². The van der Waals surface area contributed by atoms with Crippen LogP contribution in [0.5, 0.6) is 0 Å². The van der Waals surface area contributed by atoms with Crippen molar-refractivity contribution < 1.29 is 4.74 Å². The lowest BCUT2D eigenvalue weighted by atomic mass is 10.1. The van der Waals surface area contributed by atoms with Crippen molar-refractivity contribution >= 4 is 27.5 Å². The highest BCUT2D eigenvalue weighted by molar-refractivity contribution is 9.09. The van der Waals surface area contributed by atoms with E-state index in [0.717, 1.165) is 15.9 Å². The molecule has 0 aliphatic heterocycles. The van der Waals surface area contributed by atoms with Gasteiger partial charge in [0, 0.05) is 10.4 Å². The van der Waals surface area contributed by atoms with E-state index in [0.29, 0.717) is 6.61 Å². The number of ether oxygens (including phenoxy) is 1. The highest BCUT2D eigenvalue weighted by Gasteiger charge is 2.10. The van der Waals surface area contributed by atoms with E-state index < -0.39 is 0 Å². The monoisotopic (exact) mass is 324 g/mol. The van der Waals surface area contributed by atoms with Crippen LogP contribution in [-0.4, -0.2) is 5.33 Å². The summed E-state index contributed by atoms with van der Waals surface area (Å²) in [5.41, 5.74) is 2.31. The maximum absolute atomic E-state index is 5.91. The fourth-order valence-electron chi connectivity index (χ4n) is 1.68. The van der Waals surface area contributed by atoms with Crippen LogP contribution in [-0.2, 0) is 11.3 Å². The van der Waals surface area contributed by atoms with Gasteiger partial charge in [0.25, 0.3) is 0 Å². The van der Waals surface area contributed by atoms with Crippen molar-refractivity contribution in [1.29, 1.82) is 0 Å². The minimum Gasteiger partial charge on any atom is -0.368 e. The molecule has 0 aromatic heterocycles. The molecule has 0 radical (unpaired) electrons. The molecule has 1 atom stereocenters. The molecule has 0 N–H and O–H groups in total. The second-order valence-corrected chi connectivity index (χ2v) is 5.08. The van der Waals surface area contributed by atoms with Gasteiger partial charge in [-0.2, -0.15) is 0 Å². The van der Waals surface area contributed by atoms with E-state index in [9.17, 15) is 0 Å². The van der Waals surface area contributed by atoms with E-state index in [1.54, 1.807) is 0 Å². The first-order valence-electron chi connectivity index (χ1n) is 5.76. The van der Waals surface area contributed by atoms with Gasteiger partial charge in [0.2, 0.25) is 0 Å². The van der Waals surface area contributed by atoms with Crippen molar-refractivity contribution in [2.45, 2.75) is 12.7 Å². The molecule has 2 aromatic carbocycles. The number of halogens is 2. The highest BCUT2D eigenvalue weighted by Crippen LogP contribution is 2.23. The minimum absolute atomic E-state index is 0.0440. The van der Waals surface area contributed by atoms with Crippen LogP contribution >= 0.6 is 27.5 Å². The van der Waals surface area contributed by atoms with Crippen LogP contribution in [0.4, 0.5) is 0 Å². The topological polar surface area (TPSA) is 9.23 Å². The summed E-state index contributed by atoms with van der Waals surface area (Å²) in [5.74, 6) is 0. The molecular weight excluding hydrogens is 312 g/mol. The van der Waals surface area contributed by atoms with Crippen LogP contribution in [0.25, 0.3) is 0 Å². The Morgan fingerprint density at radius 1 is 1.00 bits per heavy atom. The van der Waals surface area contributed by atoms with Gasteiger partial charge in [-0.1, -0.05) is 70.0 Å². The molecule has 0 saturated carbocycles. The predicted octanol–water partition coefficient (Wildman–Crippen LogP) is 4.99. The summed E-state index contributed by atoms with van der Waals surface area (Å²) in [5, 5.41) is 1.51. The quantitative estimate of drug-likeness (QED) is 0.703. The third-order valence-electron chi connectivity index (χ3n) is 2.68. The van der Waals surface area contributed by atoms with Gasteiger partial charge < -0.3 is 4.74 Å². The molecule has 0 aliphatic carbocycles. The molecule has 2 aromatic rings.